The number of hydrogen-bond donors (Lipinski definition) is 1. The first kappa shape index (κ1) is 15.1. The average molecular weight is 229 g/mol. The van der Waals surface area contributed by atoms with Crippen LogP contribution in [0.25, 0.3) is 0 Å². The van der Waals surface area contributed by atoms with E-state index in [2.05, 4.69) is 31.6 Å². The van der Waals surface area contributed by atoms with Crippen LogP contribution in [0.2, 0.25) is 0 Å². The third kappa shape index (κ3) is 9.03. The van der Waals surface area contributed by atoms with Crippen LogP contribution in [0, 0.1) is 30.1 Å². The second-order valence-electron chi connectivity index (χ2n) is 4.07. The lowest BCUT2D eigenvalue weighted by molar-refractivity contribution is -0.114. The van der Waals surface area contributed by atoms with Gasteiger partial charge in [0, 0.05) is 12.0 Å². The highest BCUT2D eigenvalue weighted by atomic mass is 16.1. The van der Waals surface area contributed by atoms with Gasteiger partial charge in [-0.3, -0.25) is 4.79 Å². The number of nitrogens with two attached hydrogens (primary N) is 1. The first-order valence-electron chi connectivity index (χ1n) is 5.67. The van der Waals surface area contributed by atoms with Crippen LogP contribution >= 0.6 is 0 Å². The number of unbranched alkanes of at least 4 members (excludes halogenated alkanes) is 1. The quantitative estimate of drug-likeness (QED) is 0.323. The molecule has 0 bridgehead atoms. The van der Waals surface area contributed by atoms with Crippen molar-refractivity contribution in [3.8, 4) is 24.2 Å². The zero-order chi connectivity index (χ0) is 13.1. The predicted octanol–water partition coefficient (Wildman–Crippen LogP) is 2.42. The maximum Gasteiger partial charge on any atom is 0.244 e. The lowest BCUT2D eigenvalue weighted by atomic mass is 10.0. The van der Waals surface area contributed by atoms with E-state index < -0.39 is 0 Å². The third-order valence-corrected chi connectivity index (χ3v) is 1.97. The van der Waals surface area contributed by atoms with E-state index in [1.165, 1.54) is 0 Å². The molecule has 0 atom stereocenters. The van der Waals surface area contributed by atoms with Crippen LogP contribution in [0.5, 0.6) is 0 Å². The second-order valence-corrected chi connectivity index (χ2v) is 4.07. The van der Waals surface area contributed by atoms with Gasteiger partial charge in [0.05, 0.1) is 0 Å². The van der Waals surface area contributed by atoms with Crippen molar-refractivity contribution in [1.29, 1.82) is 0 Å². The number of carbonyl (C=O) groups excluding carboxylic acids is 1. The zero-order valence-electron chi connectivity index (χ0n) is 10.5. The average Bonchev–Trinajstić information content (AvgIpc) is 2.25. The van der Waals surface area contributed by atoms with Gasteiger partial charge in [0.25, 0.3) is 0 Å². The number of terminal acetylenes is 1. The summed E-state index contributed by atoms with van der Waals surface area (Å²) in [6.45, 7) is 4.10. The minimum Gasteiger partial charge on any atom is -0.366 e. The monoisotopic (exact) mass is 229 g/mol. The Labute approximate surface area is 104 Å². The van der Waals surface area contributed by atoms with E-state index in [-0.39, 0.29) is 5.91 Å². The lowest BCUT2D eigenvalue weighted by Gasteiger charge is -2.04. The molecular formula is C15H19NO. The molecule has 0 radical (unpaired) electrons. The highest BCUT2D eigenvalue weighted by molar-refractivity contribution is 5.92. The summed E-state index contributed by atoms with van der Waals surface area (Å²) in [5.74, 6) is 7.70. The molecule has 0 rings (SSSR count). The van der Waals surface area contributed by atoms with Crippen molar-refractivity contribution in [2.45, 2.75) is 33.1 Å². The van der Waals surface area contributed by atoms with Gasteiger partial charge in [-0.15, -0.1) is 6.42 Å². The van der Waals surface area contributed by atoms with Crippen molar-refractivity contribution in [3.63, 3.8) is 0 Å². The van der Waals surface area contributed by atoms with Gasteiger partial charge in [0.1, 0.15) is 0 Å². The van der Waals surface area contributed by atoms with Crippen LogP contribution in [-0.2, 0) is 4.79 Å². The smallest absolute Gasteiger partial charge is 0.244 e. The van der Waals surface area contributed by atoms with Gasteiger partial charge in [-0.2, -0.15) is 0 Å². The van der Waals surface area contributed by atoms with E-state index in [9.17, 15) is 4.79 Å². The molecule has 0 fully saturated rings. The minimum absolute atomic E-state index is 0.351. The van der Waals surface area contributed by atoms with Crippen molar-refractivity contribution in [2.75, 3.05) is 0 Å². The summed E-state index contributed by atoms with van der Waals surface area (Å²) >= 11 is 0. The third-order valence-electron chi connectivity index (χ3n) is 1.97. The molecule has 2 heteroatoms. The van der Waals surface area contributed by atoms with Gasteiger partial charge in [-0.1, -0.05) is 38.0 Å². The highest BCUT2D eigenvalue weighted by Crippen LogP contribution is 2.10. The normalized spacial score (nSPS) is 11.1. The largest absolute Gasteiger partial charge is 0.366 e. The maximum atomic E-state index is 11.1. The van der Waals surface area contributed by atoms with Gasteiger partial charge >= 0.3 is 0 Å². The van der Waals surface area contributed by atoms with E-state index >= 15 is 0 Å². The molecule has 0 aliphatic carbocycles. The summed E-state index contributed by atoms with van der Waals surface area (Å²) in [4.78, 5) is 11.1. The van der Waals surface area contributed by atoms with Crippen LogP contribution in [0.15, 0.2) is 23.8 Å². The van der Waals surface area contributed by atoms with E-state index in [1.807, 2.05) is 12.2 Å². The van der Waals surface area contributed by atoms with Crippen LogP contribution < -0.4 is 5.73 Å². The maximum absolute atomic E-state index is 11.1. The fourth-order valence-corrected chi connectivity index (χ4v) is 1.24. The molecule has 1 amide bonds. The fourth-order valence-electron chi connectivity index (χ4n) is 1.24. The molecule has 0 aliphatic heterocycles. The standard InChI is InChI=1S/C15H19NO/c1-4-5-6-7-8-9-10-11-14(15(16)17)12-13(2)3/h1,9-11,13H,7-8,12H2,2-3H3,(H2,16,17)/b10-9+,14-11+. The Hall–Kier alpha value is -1.93. The van der Waals surface area contributed by atoms with Crippen LogP contribution in [0.1, 0.15) is 33.1 Å². The first-order chi connectivity index (χ1) is 8.07. The Bertz CT molecular complexity index is 397. The second kappa shape index (κ2) is 9.31. The Morgan fingerprint density at radius 3 is 2.71 bits per heavy atom. The summed E-state index contributed by atoms with van der Waals surface area (Å²) in [6.07, 6.45) is 12.8. The summed E-state index contributed by atoms with van der Waals surface area (Å²) in [6, 6.07) is 0. The molecule has 90 valence electrons. The topological polar surface area (TPSA) is 43.1 Å². The van der Waals surface area contributed by atoms with E-state index in [4.69, 9.17) is 12.2 Å². The van der Waals surface area contributed by atoms with Crippen molar-refractivity contribution in [2.24, 2.45) is 11.7 Å². The molecule has 0 aromatic carbocycles. The minimum atomic E-state index is -0.351. The number of hydrogen-bond acceptors (Lipinski definition) is 1. The number of rotatable bonds is 6. The molecule has 0 saturated carbocycles. The number of allylic oxidation sites excluding steroid dienone is 3. The Morgan fingerprint density at radius 2 is 2.18 bits per heavy atom. The van der Waals surface area contributed by atoms with Crippen molar-refractivity contribution in [3.05, 3.63) is 23.8 Å². The fraction of sp³-hybridized carbons (Fsp3) is 0.400. The SMILES string of the molecule is C#CC#CCC/C=C/C=C(\CC(C)C)C(N)=O. The number of amides is 1. The summed E-state index contributed by atoms with van der Waals surface area (Å²) < 4.78 is 0. The van der Waals surface area contributed by atoms with Gasteiger partial charge < -0.3 is 5.73 Å². The summed E-state index contributed by atoms with van der Waals surface area (Å²) in [5, 5.41) is 0. The molecule has 0 spiro atoms. The Kier molecular flexibility index (Phi) is 8.25. The van der Waals surface area contributed by atoms with Crippen LogP contribution in [-0.4, -0.2) is 5.91 Å². The molecular weight excluding hydrogens is 210 g/mol. The van der Waals surface area contributed by atoms with E-state index in [0.29, 0.717) is 17.9 Å². The molecule has 2 nitrogen and oxygen atoms in total. The van der Waals surface area contributed by atoms with E-state index in [1.54, 1.807) is 6.08 Å². The van der Waals surface area contributed by atoms with Gasteiger partial charge in [0.2, 0.25) is 5.91 Å². The zero-order valence-corrected chi connectivity index (χ0v) is 10.5. The molecule has 2 N–H and O–H groups in total. The van der Waals surface area contributed by atoms with Crippen LogP contribution in [0.3, 0.4) is 0 Å². The van der Waals surface area contributed by atoms with Crippen molar-refractivity contribution in [1.82, 2.24) is 0 Å². The molecule has 0 unspecified atom stereocenters. The van der Waals surface area contributed by atoms with Crippen molar-refractivity contribution < 1.29 is 4.79 Å². The Morgan fingerprint density at radius 1 is 1.47 bits per heavy atom. The van der Waals surface area contributed by atoms with Gasteiger partial charge in [-0.05, 0) is 30.6 Å². The molecule has 0 aromatic heterocycles. The molecule has 0 aromatic rings. The Balaban J connectivity index is 4.21. The van der Waals surface area contributed by atoms with Gasteiger partial charge in [0.15, 0.2) is 0 Å². The molecule has 0 aliphatic rings. The molecule has 0 saturated heterocycles. The summed E-state index contributed by atoms with van der Waals surface area (Å²) in [7, 11) is 0. The predicted molar refractivity (Wildman–Crippen MR) is 71.7 cm³/mol. The van der Waals surface area contributed by atoms with Gasteiger partial charge in [-0.25, -0.2) is 0 Å². The number of primary amides is 1. The first-order valence-corrected chi connectivity index (χ1v) is 5.67. The van der Waals surface area contributed by atoms with Crippen LogP contribution in [0.4, 0.5) is 0 Å². The highest BCUT2D eigenvalue weighted by Gasteiger charge is 2.05. The lowest BCUT2D eigenvalue weighted by Crippen LogP contribution is -2.15. The molecule has 17 heavy (non-hydrogen) atoms. The molecule has 0 heterocycles. The number of carbonyl (C=O) groups is 1. The van der Waals surface area contributed by atoms with E-state index in [0.717, 1.165) is 12.8 Å². The van der Waals surface area contributed by atoms with Crippen molar-refractivity contribution >= 4 is 5.91 Å². The summed E-state index contributed by atoms with van der Waals surface area (Å²) in [5.41, 5.74) is 5.94.